The van der Waals surface area contributed by atoms with Crippen LogP contribution in [0, 0.1) is 5.92 Å². The maximum absolute atomic E-state index is 6.56. The molecule has 146 valence electrons. The van der Waals surface area contributed by atoms with Gasteiger partial charge in [-0.3, -0.25) is 0 Å². The zero-order valence-electron chi connectivity index (χ0n) is 15.8. The van der Waals surface area contributed by atoms with Crippen LogP contribution < -0.4 is 5.32 Å². The number of hydrogen-bond acceptors (Lipinski definition) is 2. The third-order valence-electron chi connectivity index (χ3n) is 5.87. The Hall–Kier alpha value is -1.87. The van der Waals surface area contributed by atoms with Crippen LogP contribution in [0.25, 0.3) is 0 Å². The first-order valence-electron chi connectivity index (χ1n) is 9.88. The lowest BCUT2D eigenvalue weighted by molar-refractivity contribution is 0.425. The quantitative estimate of drug-likeness (QED) is 0.326. The number of fused-ring (bicyclic) bond motifs is 3. The summed E-state index contributed by atoms with van der Waals surface area (Å²) in [7, 11) is 0. The van der Waals surface area contributed by atoms with E-state index in [0.29, 0.717) is 16.9 Å². The van der Waals surface area contributed by atoms with Gasteiger partial charge in [-0.05, 0) is 59.4 Å². The number of halogens is 2. The van der Waals surface area contributed by atoms with Crippen molar-refractivity contribution in [2.24, 2.45) is 5.92 Å². The first-order valence-corrected chi connectivity index (χ1v) is 11.6. The number of hydrogen-bond donors (Lipinski definition) is 1. The van der Waals surface area contributed by atoms with E-state index >= 15 is 0 Å². The average molecular weight is 438 g/mol. The van der Waals surface area contributed by atoms with E-state index in [4.69, 9.17) is 23.2 Å². The summed E-state index contributed by atoms with van der Waals surface area (Å²) in [6.45, 7) is 0. The van der Waals surface area contributed by atoms with Crippen LogP contribution >= 0.6 is 35.0 Å². The Bertz CT molecular complexity index is 1060. The van der Waals surface area contributed by atoms with E-state index in [1.54, 1.807) is 0 Å². The van der Waals surface area contributed by atoms with Gasteiger partial charge in [0.2, 0.25) is 0 Å². The molecule has 0 fully saturated rings. The molecule has 0 amide bonds. The molecule has 29 heavy (non-hydrogen) atoms. The highest BCUT2D eigenvalue weighted by molar-refractivity contribution is 7.98. The molecule has 1 nitrogen and oxygen atoms in total. The molecule has 3 aromatic carbocycles. The molecule has 5 rings (SSSR count). The second-order valence-corrected chi connectivity index (χ2v) is 9.56. The first-order chi connectivity index (χ1) is 14.2. The summed E-state index contributed by atoms with van der Waals surface area (Å²) in [6, 6.07) is 23.5. The van der Waals surface area contributed by atoms with Crippen molar-refractivity contribution in [3.8, 4) is 0 Å². The number of allylic oxidation sites excluding steroid dienone is 2. The predicted octanol–water partition coefficient (Wildman–Crippen LogP) is 8.11. The van der Waals surface area contributed by atoms with Crippen LogP contribution in [-0.2, 0) is 5.75 Å². The molecule has 3 atom stereocenters. The van der Waals surface area contributed by atoms with Crippen molar-refractivity contribution in [2.45, 2.75) is 29.0 Å². The summed E-state index contributed by atoms with van der Waals surface area (Å²) < 4.78 is 0. The van der Waals surface area contributed by atoms with Crippen LogP contribution in [0.5, 0.6) is 0 Å². The Labute approximate surface area is 186 Å². The fraction of sp³-hybridized carbons (Fsp3) is 0.200. The SMILES string of the molecule is Clc1ccc([C@@H]2Nc3ccc(CSc4ccccc4)cc3[C@@H]3C=CC[C@H]32)c(Cl)c1. The molecule has 3 aromatic rings. The van der Waals surface area contributed by atoms with Gasteiger partial charge in [-0.25, -0.2) is 0 Å². The lowest BCUT2D eigenvalue weighted by Crippen LogP contribution is -2.29. The first kappa shape index (κ1) is 19.1. The van der Waals surface area contributed by atoms with E-state index in [2.05, 4.69) is 72.1 Å². The smallest absolute Gasteiger partial charge is 0.0568 e. The molecule has 0 bridgehead atoms. The second-order valence-electron chi connectivity index (χ2n) is 7.66. The maximum Gasteiger partial charge on any atom is 0.0568 e. The van der Waals surface area contributed by atoms with Crippen molar-refractivity contribution < 1.29 is 0 Å². The minimum absolute atomic E-state index is 0.191. The Morgan fingerprint density at radius 1 is 0.931 bits per heavy atom. The Morgan fingerprint density at radius 3 is 2.62 bits per heavy atom. The Kier molecular flexibility index (Phi) is 5.34. The summed E-state index contributed by atoms with van der Waals surface area (Å²) in [4.78, 5) is 1.31. The molecule has 0 saturated carbocycles. The summed E-state index contributed by atoms with van der Waals surface area (Å²) in [5.74, 6) is 1.87. The standard InChI is InChI=1S/C25H21Cl2NS/c26-17-10-11-21(23(27)14-17)25-20-8-4-7-19(20)22-13-16(9-12-24(22)28-25)15-29-18-5-2-1-3-6-18/h1-7,9-14,19-20,25,28H,8,15H2/t19-,20-,25-/m1/s1. The Balaban J connectivity index is 1.43. The molecule has 0 aromatic heterocycles. The van der Waals surface area contributed by atoms with Crippen molar-refractivity contribution in [1.82, 2.24) is 0 Å². The zero-order chi connectivity index (χ0) is 19.8. The normalized spacial score (nSPS) is 22.1. The van der Waals surface area contributed by atoms with Crippen molar-refractivity contribution >= 4 is 40.7 Å². The Morgan fingerprint density at radius 2 is 1.79 bits per heavy atom. The molecule has 4 heteroatoms. The van der Waals surface area contributed by atoms with E-state index < -0.39 is 0 Å². The van der Waals surface area contributed by atoms with Gasteiger partial charge in [0, 0.05) is 32.3 Å². The van der Waals surface area contributed by atoms with Crippen LogP contribution in [0.1, 0.15) is 35.1 Å². The molecule has 0 unspecified atom stereocenters. The number of anilines is 1. The van der Waals surface area contributed by atoms with Crippen LogP contribution in [-0.4, -0.2) is 0 Å². The summed E-state index contributed by atoms with van der Waals surface area (Å²) >= 11 is 14.6. The van der Waals surface area contributed by atoms with Gasteiger partial charge in [0.15, 0.2) is 0 Å². The van der Waals surface area contributed by atoms with Gasteiger partial charge in [-0.15, -0.1) is 11.8 Å². The van der Waals surface area contributed by atoms with Gasteiger partial charge in [-0.1, -0.05) is 71.8 Å². The van der Waals surface area contributed by atoms with Gasteiger partial charge in [0.1, 0.15) is 0 Å². The van der Waals surface area contributed by atoms with Crippen molar-refractivity contribution in [3.63, 3.8) is 0 Å². The topological polar surface area (TPSA) is 12.0 Å². The van der Waals surface area contributed by atoms with E-state index in [9.17, 15) is 0 Å². The fourth-order valence-electron chi connectivity index (χ4n) is 4.48. The minimum Gasteiger partial charge on any atom is -0.378 e. The third-order valence-corrected chi connectivity index (χ3v) is 7.52. The highest BCUT2D eigenvalue weighted by Crippen LogP contribution is 2.51. The molecule has 1 N–H and O–H groups in total. The van der Waals surface area contributed by atoms with Gasteiger partial charge < -0.3 is 5.32 Å². The number of rotatable bonds is 4. The summed E-state index contributed by atoms with van der Waals surface area (Å²) in [6.07, 6.45) is 5.74. The maximum atomic E-state index is 6.56. The van der Waals surface area contributed by atoms with E-state index in [0.717, 1.165) is 22.8 Å². The van der Waals surface area contributed by atoms with Crippen LogP contribution in [0.4, 0.5) is 5.69 Å². The molecular formula is C25H21Cl2NS. The van der Waals surface area contributed by atoms with Gasteiger partial charge in [0.05, 0.1) is 6.04 Å². The molecule has 0 spiro atoms. The third kappa shape index (κ3) is 3.82. The largest absolute Gasteiger partial charge is 0.378 e. The number of benzene rings is 3. The van der Waals surface area contributed by atoms with Crippen LogP contribution in [0.15, 0.2) is 83.8 Å². The van der Waals surface area contributed by atoms with E-state index in [1.165, 1.54) is 21.7 Å². The molecule has 1 aliphatic heterocycles. The van der Waals surface area contributed by atoms with Gasteiger partial charge >= 0.3 is 0 Å². The summed E-state index contributed by atoms with van der Waals surface area (Å²) in [5.41, 5.74) is 5.10. The number of nitrogens with one attached hydrogen (secondary N) is 1. The summed E-state index contributed by atoms with van der Waals surface area (Å²) in [5, 5.41) is 5.19. The van der Waals surface area contributed by atoms with Crippen molar-refractivity contribution in [1.29, 1.82) is 0 Å². The minimum atomic E-state index is 0.191. The average Bonchev–Trinajstić information content (AvgIpc) is 3.23. The second kappa shape index (κ2) is 8.10. The lowest BCUT2D eigenvalue weighted by Gasteiger charge is -2.38. The molecule has 0 radical (unpaired) electrons. The fourth-order valence-corrected chi connectivity index (χ4v) is 5.87. The highest BCUT2D eigenvalue weighted by Gasteiger charge is 2.38. The van der Waals surface area contributed by atoms with Crippen LogP contribution in [0.3, 0.4) is 0 Å². The number of thioether (sulfide) groups is 1. The highest BCUT2D eigenvalue weighted by atomic mass is 35.5. The lowest BCUT2D eigenvalue weighted by atomic mass is 9.76. The van der Waals surface area contributed by atoms with Gasteiger partial charge in [-0.2, -0.15) is 0 Å². The predicted molar refractivity (Wildman–Crippen MR) is 125 cm³/mol. The molecular weight excluding hydrogens is 417 g/mol. The van der Waals surface area contributed by atoms with Crippen molar-refractivity contribution in [2.75, 3.05) is 5.32 Å². The molecule has 0 saturated heterocycles. The van der Waals surface area contributed by atoms with Crippen LogP contribution in [0.2, 0.25) is 10.0 Å². The van der Waals surface area contributed by atoms with Gasteiger partial charge in [0.25, 0.3) is 0 Å². The molecule has 1 aliphatic carbocycles. The van der Waals surface area contributed by atoms with E-state index in [1.807, 2.05) is 23.9 Å². The molecule has 2 aliphatic rings. The van der Waals surface area contributed by atoms with Crippen molar-refractivity contribution in [3.05, 3.63) is 106 Å². The molecule has 1 heterocycles. The zero-order valence-corrected chi connectivity index (χ0v) is 18.1. The van der Waals surface area contributed by atoms with E-state index in [-0.39, 0.29) is 6.04 Å². The monoisotopic (exact) mass is 437 g/mol.